The largest absolute Gasteiger partial charge is 0.481 e. The number of hydrogen-bond donors (Lipinski definition) is 3. The van der Waals surface area contributed by atoms with E-state index in [0.717, 1.165) is 25.8 Å². The van der Waals surface area contributed by atoms with E-state index in [-0.39, 0.29) is 0 Å². The molecule has 0 aliphatic carbocycles. The van der Waals surface area contributed by atoms with Gasteiger partial charge in [-0.05, 0) is 33.4 Å². The molecule has 0 aliphatic heterocycles. The lowest BCUT2D eigenvalue weighted by Crippen LogP contribution is -2.21. The molecule has 0 aromatic carbocycles. The molecule has 0 spiro atoms. The van der Waals surface area contributed by atoms with E-state index >= 15 is 0 Å². The maximum absolute atomic E-state index is 10.3. The fourth-order valence-electron chi connectivity index (χ4n) is 2.31. The summed E-state index contributed by atoms with van der Waals surface area (Å²) in [4.78, 5) is 10.3. The zero-order valence-electron chi connectivity index (χ0n) is 15.9. The minimum atomic E-state index is -0.657. The summed E-state index contributed by atoms with van der Waals surface area (Å²) in [6.07, 6.45) is 15.4. The third-order valence-corrected chi connectivity index (χ3v) is 3.84. The first kappa shape index (κ1) is 24.6. The van der Waals surface area contributed by atoms with E-state index in [0.29, 0.717) is 12.5 Å². The average molecular weight is 331 g/mol. The number of carboxylic acids is 1. The Morgan fingerprint density at radius 3 is 1.70 bits per heavy atom. The summed E-state index contributed by atoms with van der Waals surface area (Å²) in [5, 5.41) is 11.5. The van der Waals surface area contributed by atoms with Crippen LogP contribution in [0.15, 0.2) is 0 Å². The van der Waals surface area contributed by atoms with Gasteiger partial charge in [-0.15, -0.1) is 0 Å². The normalized spacial score (nSPS) is 11.7. The molecule has 0 amide bonds. The van der Waals surface area contributed by atoms with Crippen molar-refractivity contribution in [2.75, 3.05) is 13.6 Å². The zero-order valence-corrected chi connectivity index (χ0v) is 15.9. The van der Waals surface area contributed by atoms with Crippen molar-refractivity contribution in [2.45, 2.75) is 103 Å². The fraction of sp³-hybridized carbons (Fsp3) is 0.947. The third kappa shape index (κ3) is 29.9. The van der Waals surface area contributed by atoms with E-state index < -0.39 is 5.97 Å². The summed E-state index contributed by atoms with van der Waals surface area (Å²) >= 11 is 0. The molecule has 0 radical (unpaired) electrons. The van der Waals surface area contributed by atoms with Crippen molar-refractivity contribution < 1.29 is 9.90 Å². The Bertz CT molecular complexity index is 233. The van der Waals surface area contributed by atoms with E-state index in [4.69, 9.17) is 10.8 Å². The van der Waals surface area contributed by atoms with Crippen LogP contribution >= 0.6 is 0 Å². The van der Waals surface area contributed by atoms with Crippen molar-refractivity contribution in [1.29, 1.82) is 0 Å². The molecule has 1 unspecified atom stereocenters. The van der Waals surface area contributed by atoms with Crippen molar-refractivity contribution in [3.63, 3.8) is 0 Å². The smallest absolute Gasteiger partial charge is 0.303 e. The molecular formula is C19H42N2O2. The zero-order chi connectivity index (χ0) is 17.8. The van der Waals surface area contributed by atoms with Crippen LogP contribution in [0, 0.1) is 0 Å². The molecule has 0 bridgehead atoms. The van der Waals surface area contributed by atoms with Crippen LogP contribution in [-0.2, 0) is 4.79 Å². The van der Waals surface area contributed by atoms with Crippen LogP contribution in [0.3, 0.4) is 0 Å². The molecule has 0 aromatic heterocycles. The summed E-state index contributed by atoms with van der Waals surface area (Å²) in [5.74, 6) is -0.657. The Morgan fingerprint density at radius 2 is 1.39 bits per heavy atom. The van der Waals surface area contributed by atoms with Gasteiger partial charge in [0.15, 0.2) is 0 Å². The van der Waals surface area contributed by atoms with Gasteiger partial charge in [0.2, 0.25) is 0 Å². The molecule has 0 saturated heterocycles. The van der Waals surface area contributed by atoms with Crippen molar-refractivity contribution in [3.05, 3.63) is 0 Å². The van der Waals surface area contributed by atoms with Gasteiger partial charge < -0.3 is 16.2 Å². The lowest BCUT2D eigenvalue weighted by Gasteiger charge is -2.01. The standard InChI is InChI=1S/C14H28O2.C5H14N2/c1-2-3-4-5-6-7-8-9-10-11-12-13-14(15)16;1-5(6)3-4-7-2/h2-13H2,1H3,(H,15,16);5,7H,3-4,6H2,1-2H3. The Balaban J connectivity index is 0. The van der Waals surface area contributed by atoms with Gasteiger partial charge in [-0.3, -0.25) is 4.79 Å². The second-order valence-electron chi connectivity index (χ2n) is 6.55. The summed E-state index contributed by atoms with van der Waals surface area (Å²) in [5.41, 5.74) is 5.44. The highest BCUT2D eigenvalue weighted by atomic mass is 16.4. The van der Waals surface area contributed by atoms with E-state index in [1.807, 2.05) is 14.0 Å². The highest BCUT2D eigenvalue weighted by Gasteiger charge is 1.96. The maximum atomic E-state index is 10.3. The third-order valence-electron chi connectivity index (χ3n) is 3.84. The Labute approximate surface area is 144 Å². The molecule has 0 heterocycles. The summed E-state index contributed by atoms with van der Waals surface area (Å²) in [6.45, 7) is 5.28. The second kappa shape index (κ2) is 21.4. The summed E-state index contributed by atoms with van der Waals surface area (Å²) in [6, 6.07) is 0.340. The van der Waals surface area contributed by atoms with Gasteiger partial charge >= 0.3 is 5.97 Å². The van der Waals surface area contributed by atoms with Crippen LogP contribution < -0.4 is 11.1 Å². The first-order chi connectivity index (χ1) is 11.0. The topological polar surface area (TPSA) is 75.3 Å². The van der Waals surface area contributed by atoms with E-state index in [2.05, 4.69) is 12.2 Å². The fourth-order valence-corrected chi connectivity index (χ4v) is 2.31. The van der Waals surface area contributed by atoms with E-state index in [1.54, 1.807) is 0 Å². The van der Waals surface area contributed by atoms with Gasteiger partial charge in [-0.2, -0.15) is 0 Å². The van der Waals surface area contributed by atoms with Crippen LogP contribution in [0.1, 0.15) is 97.3 Å². The monoisotopic (exact) mass is 330 g/mol. The number of nitrogens with two attached hydrogens (primary N) is 1. The lowest BCUT2D eigenvalue weighted by molar-refractivity contribution is -0.137. The molecular weight excluding hydrogens is 288 g/mol. The number of nitrogens with one attached hydrogen (secondary N) is 1. The second-order valence-corrected chi connectivity index (χ2v) is 6.55. The van der Waals surface area contributed by atoms with Crippen LogP contribution in [0.25, 0.3) is 0 Å². The van der Waals surface area contributed by atoms with Crippen molar-refractivity contribution in [1.82, 2.24) is 5.32 Å². The molecule has 23 heavy (non-hydrogen) atoms. The van der Waals surface area contributed by atoms with Gasteiger partial charge in [-0.1, -0.05) is 71.1 Å². The Hall–Kier alpha value is -0.610. The van der Waals surface area contributed by atoms with Gasteiger partial charge in [-0.25, -0.2) is 0 Å². The van der Waals surface area contributed by atoms with Crippen LogP contribution in [-0.4, -0.2) is 30.7 Å². The van der Waals surface area contributed by atoms with Crippen molar-refractivity contribution in [3.8, 4) is 0 Å². The number of carbonyl (C=O) groups is 1. The van der Waals surface area contributed by atoms with Crippen LogP contribution in [0.2, 0.25) is 0 Å². The van der Waals surface area contributed by atoms with Crippen LogP contribution in [0.4, 0.5) is 0 Å². The highest BCUT2D eigenvalue weighted by molar-refractivity contribution is 5.66. The van der Waals surface area contributed by atoms with Crippen LogP contribution in [0.5, 0.6) is 0 Å². The van der Waals surface area contributed by atoms with Gasteiger partial charge in [0, 0.05) is 12.5 Å². The molecule has 4 heteroatoms. The van der Waals surface area contributed by atoms with Gasteiger partial charge in [0.25, 0.3) is 0 Å². The van der Waals surface area contributed by atoms with Gasteiger partial charge in [0.05, 0.1) is 0 Å². The van der Waals surface area contributed by atoms with Crippen molar-refractivity contribution >= 4 is 5.97 Å². The molecule has 140 valence electrons. The minimum Gasteiger partial charge on any atom is -0.481 e. The minimum absolute atomic E-state index is 0.340. The molecule has 4 N–H and O–H groups in total. The first-order valence-electron chi connectivity index (χ1n) is 9.66. The van der Waals surface area contributed by atoms with E-state index in [1.165, 1.54) is 57.8 Å². The van der Waals surface area contributed by atoms with Gasteiger partial charge in [0.1, 0.15) is 0 Å². The lowest BCUT2D eigenvalue weighted by atomic mass is 10.1. The number of aliphatic carboxylic acids is 1. The predicted molar refractivity (Wildman–Crippen MR) is 101 cm³/mol. The predicted octanol–water partition coefficient (Wildman–Crippen LogP) is 4.72. The van der Waals surface area contributed by atoms with E-state index in [9.17, 15) is 4.79 Å². The molecule has 1 atom stereocenters. The first-order valence-corrected chi connectivity index (χ1v) is 9.66. The molecule has 0 aliphatic rings. The SMILES string of the molecule is CCCCCCCCCCCCCC(=O)O.CNCCC(C)N. The quantitative estimate of drug-likeness (QED) is 0.380. The number of hydrogen-bond acceptors (Lipinski definition) is 3. The average Bonchev–Trinajstić information content (AvgIpc) is 2.51. The Morgan fingerprint density at radius 1 is 0.957 bits per heavy atom. The molecule has 0 rings (SSSR count). The summed E-state index contributed by atoms with van der Waals surface area (Å²) in [7, 11) is 1.93. The maximum Gasteiger partial charge on any atom is 0.303 e. The number of rotatable bonds is 15. The highest BCUT2D eigenvalue weighted by Crippen LogP contribution is 2.11. The molecule has 0 fully saturated rings. The molecule has 0 aromatic rings. The van der Waals surface area contributed by atoms with Crippen molar-refractivity contribution in [2.24, 2.45) is 5.73 Å². The summed E-state index contributed by atoms with van der Waals surface area (Å²) < 4.78 is 0. The molecule has 0 saturated carbocycles. The Kier molecular flexibility index (Phi) is 22.9. The number of unbranched alkanes of at least 4 members (excludes halogenated alkanes) is 10. The number of carboxylic acid groups (broad SMARTS) is 1. The molecule has 4 nitrogen and oxygen atoms in total.